The van der Waals surface area contributed by atoms with Crippen LogP contribution in [-0.2, 0) is 21.1 Å². The molecule has 1 aliphatic heterocycles. The molecule has 35 heavy (non-hydrogen) atoms. The monoisotopic (exact) mass is 537 g/mol. The minimum atomic E-state index is -4.79. The highest BCUT2D eigenvalue weighted by atomic mass is 35.5. The van der Waals surface area contributed by atoms with Gasteiger partial charge in [-0.25, -0.2) is 0 Å². The molecular weight excluding hydrogens is 524 g/mol. The van der Waals surface area contributed by atoms with Crippen molar-refractivity contribution in [3.05, 3.63) is 69.8 Å². The molecule has 2 aromatic carbocycles. The number of methoxy groups -OCH3 is 1. The first kappa shape index (κ1) is 25.1. The molecule has 1 aromatic heterocycles. The van der Waals surface area contributed by atoms with Gasteiger partial charge in [0.1, 0.15) is 18.0 Å². The molecule has 1 N–H and O–H groups in total. The third-order valence-corrected chi connectivity index (χ3v) is 5.84. The van der Waals surface area contributed by atoms with Crippen molar-refractivity contribution in [2.45, 2.75) is 30.2 Å². The van der Waals surface area contributed by atoms with Crippen LogP contribution in [0.1, 0.15) is 47.0 Å². The van der Waals surface area contributed by atoms with Crippen molar-refractivity contribution in [1.82, 2.24) is 14.8 Å². The SMILES string of the molecule is COc1cccc([C@@H]2O[C@@H](CC(=O)O)c3nnc(C(F)(F)Cl)n3-c3ccc(C(F)(F)F)cc32)c1Cl. The number of aliphatic carboxylic acids is 1. The molecule has 0 spiro atoms. The van der Waals surface area contributed by atoms with Crippen LogP contribution in [0, 0.1) is 0 Å². The Morgan fingerprint density at radius 3 is 2.49 bits per heavy atom. The van der Waals surface area contributed by atoms with Gasteiger partial charge in [-0.15, -0.1) is 10.2 Å². The summed E-state index contributed by atoms with van der Waals surface area (Å²) in [6.07, 6.45) is -8.51. The van der Waals surface area contributed by atoms with Crippen LogP contribution in [0.5, 0.6) is 5.75 Å². The van der Waals surface area contributed by atoms with Crippen LogP contribution in [0.4, 0.5) is 22.0 Å². The lowest BCUT2D eigenvalue weighted by molar-refractivity contribution is -0.141. The summed E-state index contributed by atoms with van der Waals surface area (Å²) in [5.74, 6) is -2.73. The Kier molecular flexibility index (Phi) is 6.41. The van der Waals surface area contributed by atoms with E-state index in [1.165, 1.54) is 25.3 Å². The van der Waals surface area contributed by atoms with Crippen LogP contribution in [0.3, 0.4) is 0 Å². The standard InChI is InChI=1S/C21H14Cl2F5N3O4/c1-34-13-4-2-3-10(16(13)22)17-11-7-9(21(26,27)28)5-6-12(11)31-18(14(35-17)8-15(32)33)29-30-19(31)20(23,24)25/h2-7,14,17H,8H2,1H3,(H,32,33)/t14-,17-/m0/s1. The maximum atomic E-state index is 14.2. The summed E-state index contributed by atoms with van der Waals surface area (Å²) in [5, 5.41) is 12.3. The van der Waals surface area contributed by atoms with E-state index in [1.54, 1.807) is 0 Å². The number of alkyl halides is 6. The van der Waals surface area contributed by atoms with E-state index < -0.39 is 47.5 Å². The van der Waals surface area contributed by atoms with Crippen molar-refractivity contribution in [1.29, 1.82) is 0 Å². The fourth-order valence-corrected chi connectivity index (χ4v) is 4.22. The van der Waals surface area contributed by atoms with Crippen molar-refractivity contribution in [2.24, 2.45) is 0 Å². The molecule has 186 valence electrons. The second-order valence-corrected chi connectivity index (χ2v) is 8.31. The molecule has 0 saturated carbocycles. The predicted molar refractivity (Wildman–Crippen MR) is 112 cm³/mol. The highest BCUT2D eigenvalue weighted by Gasteiger charge is 2.43. The number of halogens is 7. The van der Waals surface area contributed by atoms with Crippen molar-refractivity contribution in [3.63, 3.8) is 0 Å². The number of rotatable bonds is 5. The summed E-state index contributed by atoms with van der Waals surface area (Å²) in [5.41, 5.74) is -1.45. The van der Waals surface area contributed by atoms with E-state index in [0.717, 1.165) is 6.07 Å². The summed E-state index contributed by atoms with van der Waals surface area (Å²) in [7, 11) is 1.32. The van der Waals surface area contributed by atoms with Gasteiger partial charge < -0.3 is 14.6 Å². The second-order valence-electron chi connectivity index (χ2n) is 7.45. The molecule has 3 aromatic rings. The minimum absolute atomic E-state index is 0.0296. The largest absolute Gasteiger partial charge is 0.495 e. The lowest BCUT2D eigenvalue weighted by atomic mass is 9.97. The maximum absolute atomic E-state index is 14.2. The predicted octanol–water partition coefficient (Wildman–Crippen LogP) is 5.87. The lowest BCUT2D eigenvalue weighted by Gasteiger charge is -2.24. The minimum Gasteiger partial charge on any atom is -0.495 e. The van der Waals surface area contributed by atoms with Gasteiger partial charge >= 0.3 is 17.5 Å². The third-order valence-electron chi connectivity index (χ3n) is 5.26. The van der Waals surface area contributed by atoms with Crippen LogP contribution in [0.15, 0.2) is 36.4 Å². The van der Waals surface area contributed by atoms with E-state index >= 15 is 0 Å². The summed E-state index contributed by atoms with van der Waals surface area (Å²) in [4.78, 5) is 11.6. The smallest absolute Gasteiger partial charge is 0.416 e. The molecule has 0 amide bonds. The Balaban J connectivity index is 2.07. The normalized spacial score (nSPS) is 17.9. The molecule has 0 radical (unpaired) electrons. The van der Waals surface area contributed by atoms with Gasteiger partial charge in [0, 0.05) is 11.1 Å². The number of fused-ring (bicyclic) bond motifs is 3. The highest BCUT2D eigenvalue weighted by Crippen LogP contribution is 2.47. The molecule has 14 heteroatoms. The Morgan fingerprint density at radius 1 is 1.17 bits per heavy atom. The van der Waals surface area contributed by atoms with Gasteiger partial charge in [0.2, 0.25) is 5.82 Å². The topological polar surface area (TPSA) is 86.5 Å². The van der Waals surface area contributed by atoms with Gasteiger partial charge in [-0.3, -0.25) is 9.36 Å². The Morgan fingerprint density at radius 2 is 1.89 bits per heavy atom. The Bertz CT molecular complexity index is 1290. The average molecular weight is 538 g/mol. The van der Waals surface area contributed by atoms with Crippen molar-refractivity contribution < 1.29 is 41.3 Å². The summed E-state index contributed by atoms with van der Waals surface area (Å²) in [6.45, 7) is 0. The van der Waals surface area contributed by atoms with Crippen molar-refractivity contribution in [2.75, 3.05) is 7.11 Å². The van der Waals surface area contributed by atoms with Gasteiger partial charge in [-0.1, -0.05) is 23.7 Å². The zero-order chi connectivity index (χ0) is 25.7. The van der Waals surface area contributed by atoms with Gasteiger partial charge in [0.15, 0.2) is 5.82 Å². The number of carbonyl (C=O) groups is 1. The van der Waals surface area contributed by atoms with Crippen molar-refractivity contribution >= 4 is 29.2 Å². The van der Waals surface area contributed by atoms with Gasteiger partial charge in [-0.05, 0) is 35.9 Å². The third kappa shape index (κ3) is 4.65. The number of carboxylic acid groups (broad SMARTS) is 1. The quantitative estimate of drug-likeness (QED) is 0.323. The van der Waals surface area contributed by atoms with Gasteiger partial charge in [-0.2, -0.15) is 22.0 Å². The van der Waals surface area contributed by atoms with Crippen LogP contribution in [-0.4, -0.2) is 33.0 Å². The number of hydrogen-bond donors (Lipinski definition) is 1. The van der Waals surface area contributed by atoms with Gasteiger partial charge in [0.05, 0.1) is 29.8 Å². The fourth-order valence-electron chi connectivity index (χ4n) is 3.80. The average Bonchev–Trinajstić information content (AvgIpc) is 3.17. The van der Waals surface area contributed by atoms with Crippen LogP contribution in [0.25, 0.3) is 5.69 Å². The summed E-state index contributed by atoms with van der Waals surface area (Å²) in [6, 6.07) is 6.74. The second kappa shape index (κ2) is 8.92. The summed E-state index contributed by atoms with van der Waals surface area (Å²) >= 11 is 11.6. The van der Waals surface area contributed by atoms with E-state index in [4.69, 9.17) is 32.7 Å². The molecule has 0 fully saturated rings. The van der Waals surface area contributed by atoms with E-state index in [-0.39, 0.29) is 33.4 Å². The van der Waals surface area contributed by atoms with Crippen LogP contribution in [0.2, 0.25) is 5.02 Å². The van der Waals surface area contributed by atoms with E-state index in [2.05, 4.69) is 10.2 Å². The molecule has 4 rings (SSSR count). The number of aromatic nitrogens is 3. The van der Waals surface area contributed by atoms with Gasteiger partial charge in [0.25, 0.3) is 0 Å². The Hall–Kier alpha value is -2.96. The molecule has 2 heterocycles. The zero-order valence-electron chi connectivity index (χ0n) is 17.5. The lowest BCUT2D eigenvalue weighted by Crippen LogP contribution is -2.17. The highest BCUT2D eigenvalue weighted by molar-refractivity contribution is 6.33. The molecule has 7 nitrogen and oxygen atoms in total. The molecular formula is C21H14Cl2F5N3O4. The number of benzene rings is 2. The molecule has 2 atom stereocenters. The first-order chi connectivity index (χ1) is 16.3. The fraction of sp³-hybridized carbons (Fsp3) is 0.286. The molecule has 0 unspecified atom stereocenters. The number of ether oxygens (including phenoxy) is 2. The van der Waals surface area contributed by atoms with Crippen LogP contribution < -0.4 is 4.74 Å². The number of nitrogens with zero attached hydrogens (tertiary/aromatic N) is 3. The van der Waals surface area contributed by atoms with Crippen LogP contribution >= 0.6 is 23.2 Å². The molecule has 0 saturated heterocycles. The number of carboxylic acids is 1. The first-order valence-electron chi connectivity index (χ1n) is 9.76. The van der Waals surface area contributed by atoms with E-state index in [0.29, 0.717) is 16.7 Å². The maximum Gasteiger partial charge on any atom is 0.416 e. The molecule has 0 bridgehead atoms. The summed E-state index contributed by atoms with van der Waals surface area (Å²) < 4.78 is 81.0. The molecule has 1 aliphatic rings. The zero-order valence-corrected chi connectivity index (χ0v) is 19.0. The van der Waals surface area contributed by atoms with E-state index in [9.17, 15) is 31.9 Å². The van der Waals surface area contributed by atoms with E-state index in [1.807, 2.05) is 0 Å². The van der Waals surface area contributed by atoms with Crippen molar-refractivity contribution in [3.8, 4) is 11.4 Å². The Labute approximate surface area is 204 Å². The first-order valence-corrected chi connectivity index (χ1v) is 10.5. The number of hydrogen-bond acceptors (Lipinski definition) is 5. The molecule has 0 aliphatic carbocycles.